The van der Waals surface area contributed by atoms with E-state index in [0.717, 1.165) is 5.69 Å². The second-order valence-electron chi connectivity index (χ2n) is 6.96. The number of nitrogens with one attached hydrogen (secondary N) is 1. The SMILES string of the molecule is O=C(NCc1cccc(OCC(F)(F)F)c1)N1CCN(c2ccc([N+](=O)[O-])cc2)CC1. The monoisotopic (exact) mass is 438 g/mol. The molecule has 1 saturated heterocycles. The Balaban J connectivity index is 1.46. The molecule has 0 bridgehead atoms. The number of benzene rings is 2. The lowest BCUT2D eigenvalue weighted by Crippen LogP contribution is -2.51. The highest BCUT2D eigenvalue weighted by atomic mass is 19.4. The van der Waals surface area contributed by atoms with Crippen LogP contribution in [0.3, 0.4) is 0 Å². The van der Waals surface area contributed by atoms with Crippen LogP contribution in [0.5, 0.6) is 5.75 Å². The van der Waals surface area contributed by atoms with Crippen molar-refractivity contribution >= 4 is 17.4 Å². The van der Waals surface area contributed by atoms with Gasteiger partial charge in [0.15, 0.2) is 6.61 Å². The first-order chi connectivity index (χ1) is 14.7. The maximum Gasteiger partial charge on any atom is 0.422 e. The molecule has 11 heteroatoms. The zero-order chi connectivity index (χ0) is 22.4. The molecule has 1 heterocycles. The van der Waals surface area contributed by atoms with Crippen molar-refractivity contribution in [2.24, 2.45) is 0 Å². The van der Waals surface area contributed by atoms with E-state index in [9.17, 15) is 28.1 Å². The van der Waals surface area contributed by atoms with E-state index in [2.05, 4.69) is 5.32 Å². The Morgan fingerprint density at radius 2 is 1.77 bits per heavy atom. The number of carbonyl (C=O) groups excluding carboxylic acids is 1. The van der Waals surface area contributed by atoms with E-state index in [0.29, 0.717) is 31.7 Å². The number of nitrogens with zero attached hydrogens (tertiary/aromatic N) is 3. The van der Waals surface area contributed by atoms with Crippen molar-refractivity contribution in [3.63, 3.8) is 0 Å². The standard InChI is InChI=1S/C20H21F3N4O4/c21-20(22,23)14-31-18-3-1-2-15(12-18)13-24-19(28)26-10-8-25(9-11-26)16-4-6-17(7-5-16)27(29)30/h1-7,12H,8-11,13-14H2,(H,24,28). The van der Waals surface area contributed by atoms with Crippen molar-refractivity contribution in [3.8, 4) is 5.75 Å². The first-order valence-electron chi connectivity index (χ1n) is 9.52. The fraction of sp³-hybridized carbons (Fsp3) is 0.350. The quantitative estimate of drug-likeness (QED) is 0.550. The molecule has 3 rings (SSSR count). The Hall–Kier alpha value is -3.50. The van der Waals surface area contributed by atoms with Gasteiger partial charge in [-0.3, -0.25) is 10.1 Å². The first kappa shape index (κ1) is 22.2. The van der Waals surface area contributed by atoms with E-state index in [4.69, 9.17) is 4.74 Å². The average molecular weight is 438 g/mol. The van der Waals surface area contributed by atoms with Gasteiger partial charge in [-0.15, -0.1) is 0 Å². The molecule has 1 aliphatic heterocycles. The largest absolute Gasteiger partial charge is 0.484 e. The summed E-state index contributed by atoms with van der Waals surface area (Å²) >= 11 is 0. The number of piperazine rings is 1. The van der Waals surface area contributed by atoms with Crippen molar-refractivity contribution in [1.29, 1.82) is 0 Å². The topological polar surface area (TPSA) is 88.0 Å². The Labute approximate surface area is 176 Å². The number of urea groups is 1. The van der Waals surface area contributed by atoms with Gasteiger partial charge in [-0.05, 0) is 29.8 Å². The van der Waals surface area contributed by atoms with E-state index in [1.807, 2.05) is 4.90 Å². The second-order valence-corrected chi connectivity index (χ2v) is 6.96. The number of rotatable bonds is 6. The van der Waals surface area contributed by atoms with Crippen LogP contribution in [0.4, 0.5) is 29.3 Å². The molecule has 0 atom stereocenters. The molecule has 1 N–H and O–H groups in total. The average Bonchev–Trinajstić information content (AvgIpc) is 2.76. The normalized spacial score (nSPS) is 14.3. The molecule has 2 aromatic carbocycles. The van der Waals surface area contributed by atoms with Gasteiger partial charge in [-0.25, -0.2) is 4.79 Å². The third-order valence-electron chi connectivity index (χ3n) is 4.74. The zero-order valence-electron chi connectivity index (χ0n) is 16.5. The fourth-order valence-corrected chi connectivity index (χ4v) is 3.15. The Morgan fingerprint density at radius 3 is 2.39 bits per heavy atom. The van der Waals surface area contributed by atoms with Crippen LogP contribution in [0.25, 0.3) is 0 Å². The Bertz CT molecular complexity index is 913. The number of hydrogen-bond acceptors (Lipinski definition) is 5. The third kappa shape index (κ3) is 6.49. The molecular weight excluding hydrogens is 417 g/mol. The van der Waals surface area contributed by atoms with Gasteiger partial charge in [0, 0.05) is 50.5 Å². The van der Waals surface area contributed by atoms with Crippen molar-refractivity contribution in [3.05, 3.63) is 64.2 Å². The van der Waals surface area contributed by atoms with Crippen molar-refractivity contribution < 1.29 is 27.6 Å². The smallest absolute Gasteiger partial charge is 0.422 e. The molecular formula is C20H21F3N4O4. The number of anilines is 1. The summed E-state index contributed by atoms with van der Waals surface area (Å²) in [6.07, 6.45) is -4.42. The highest BCUT2D eigenvalue weighted by Gasteiger charge is 2.28. The number of alkyl halides is 3. The molecule has 166 valence electrons. The van der Waals surface area contributed by atoms with Gasteiger partial charge in [0.25, 0.3) is 5.69 Å². The number of halogens is 3. The second kappa shape index (κ2) is 9.54. The highest BCUT2D eigenvalue weighted by Crippen LogP contribution is 2.21. The summed E-state index contributed by atoms with van der Waals surface area (Å²) in [6.45, 7) is 0.875. The van der Waals surface area contributed by atoms with Crippen LogP contribution >= 0.6 is 0 Å². The summed E-state index contributed by atoms with van der Waals surface area (Å²) in [5.74, 6) is 0.0841. The van der Waals surface area contributed by atoms with E-state index in [-0.39, 0.29) is 24.0 Å². The summed E-state index contributed by atoms with van der Waals surface area (Å²) in [5, 5.41) is 13.5. The molecule has 0 saturated carbocycles. The molecule has 0 spiro atoms. The lowest BCUT2D eigenvalue weighted by Gasteiger charge is -2.36. The summed E-state index contributed by atoms with van der Waals surface area (Å²) < 4.78 is 41.5. The number of ether oxygens (including phenoxy) is 1. The third-order valence-corrected chi connectivity index (χ3v) is 4.74. The van der Waals surface area contributed by atoms with Crippen LogP contribution < -0.4 is 15.0 Å². The van der Waals surface area contributed by atoms with Gasteiger partial charge in [-0.1, -0.05) is 12.1 Å². The summed E-state index contributed by atoms with van der Waals surface area (Å²) in [6, 6.07) is 12.1. The molecule has 31 heavy (non-hydrogen) atoms. The molecule has 1 fully saturated rings. The molecule has 8 nitrogen and oxygen atoms in total. The minimum atomic E-state index is -4.42. The van der Waals surface area contributed by atoms with Gasteiger partial charge in [0.05, 0.1) is 4.92 Å². The summed E-state index contributed by atoms with van der Waals surface area (Å²) in [5.41, 5.74) is 1.49. The minimum Gasteiger partial charge on any atom is -0.484 e. The molecule has 0 aliphatic carbocycles. The Kier molecular flexibility index (Phi) is 6.83. The van der Waals surface area contributed by atoms with Crippen LogP contribution in [-0.4, -0.2) is 54.8 Å². The van der Waals surface area contributed by atoms with Gasteiger partial charge >= 0.3 is 12.2 Å². The molecule has 0 aromatic heterocycles. The van der Waals surface area contributed by atoms with Crippen LogP contribution in [0.1, 0.15) is 5.56 Å². The lowest BCUT2D eigenvalue weighted by molar-refractivity contribution is -0.384. The van der Waals surface area contributed by atoms with E-state index < -0.39 is 17.7 Å². The number of non-ortho nitro benzene ring substituents is 1. The first-order valence-corrected chi connectivity index (χ1v) is 9.52. The van der Waals surface area contributed by atoms with Crippen LogP contribution in [0.15, 0.2) is 48.5 Å². The molecule has 0 unspecified atom stereocenters. The molecule has 0 radical (unpaired) electrons. The fourth-order valence-electron chi connectivity index (χ4n) is 3.15. The van der Waals surface area contributed by atoms with E-state index in [1.165, 1.54) is 24.3 Å². The highest BCUT2D eigenvalue weighted by molar-refractivity contribution is 5.74. The minimum absolute atomic E-state index is 0.0228. The predicted molar refractivity (Wildman–Crippen MR) is 107 cm³/mol. The molecule has 1 aliphatic rings. The van der Waals surface area contributed by atoms with Crippen molar-refractivity contribution in [2.45, 2.75) is 12.7 Å². The van der Waals surface area contributed by atoms with Crippen LogP contribution in [0.2, 0.25) is 0 Å². The Morgan fingerprint density at radius 1 is 1.10 bits per heavy atom. The zero-order valence-corrected chi connectivity index (χ0v) is 16.5. The van der Waals surface area contributed by atoms with Crippen molar-refractivity contribution in [1.82, 2.24) is 10.2 Å². The lowest BCUT2D eigenvalue weighted by atomic mass is 10.2. The van der Waals surface area contributed by atoms with Crippen molar-refractivity contribution in [2.75, 3.05) is 37.7 Å². The van der Waals surface area contributed by atoms with E-state index >= 15 is 0 Å². The maximum absolute atomic E-state index is 12.4. The van der Waals surface area contributed by atoms with Gasteiger partial charge in [0.2, 0.25) is 0 Å². The molecule has 2 aromatic rings. The van der Waals surface area contributed by atoms with Gasteiger partial charge < -0.3 is 19.9 Å². The number of amides is 2. The van der Waals surface area contributed by atoms with Crippen LogP contribution in [0, 0.1) is 10.1 Å². The summed E-state index contributed by atoms with van der Waals surface area (Å²) in [4.78, 5) is 26.4. The predicted octanol–water partition coefficient (Wildman–Crippen LogP) is 3.57. The van der Waals surface area contributed by atoms with E-state index in [1.54, 1.807) is 29.2 Å². The number of carbonyl (C=O) groups is 1. The van der Waals surface area contributed by atoms with Crippen LogP contribution in [-0.2, 0) is 6.54 Å². The maximum atomic E-state index is 12.4. The van der Waals surface area contributed by atoms with Gasteiger partial charge in [0.1, 0.15) is 5.75 Å². The summed E-state index contributed by atoms with van der Waals surface area (Å²) in [7, 11) is 0. The number of hydrogen-bond donors (Lipinski definition) is 1. The number of nitro groups is 1. The molecule has 2 amide bonds. The number of nitro benzene ring substituents is 1. The van der Waals surface area contributed by atoms with Gasteiger partial charge in [-0.2, -0.15) is 13.2 Å².